The molecule has 0 saturated heterocycles. The predicted molar refractivity (Wildman–Crippen MR) is 86.6 cm³/mol. The molecule has 1 unspecified atom stereocenters. The smallest absolute Gasteiger partial charge is 0.134 e. The van der Waals surface area contributed by atoms with Crippen LogP contribution in [-0.2, 0) is 0 Å². The van der Waals surface area contributed by atoms with Gasteiger partial charge in [0.05, 0.1) is 0 Å². The van der Waals surface area contributed by atoms with Gasteiger partial charge in [-0.25, -0.2) is 5.43 Å². The molecule has 0 aliphatic carbocycles. The van der Waals surface area contributed by atoms with Crippen molar-refractivity contribution >= 4 is 34.2 Å². The predicted octanol–water partition coefficient (Wildman–Crippen LogP) is 4.60. The number of aryl methyl sites for hydroxylation is 1. The van der Waals surface area contributed by atoms with E-state index in [0.29, 0.717) is 10.0 Å². The normalized spacial score (nSPS) is 12.8. The number of halogens is 2. The monoisotopic (exact) mass is 320 g/mol. The average molecular weight is 321 g/mol. The lowest BCUT2D eigenvalue weighted by molar-refractivity contribution is 0.476. The van der Waals surface area contributed by atoms with Gasteiger partial charge in [0.2, 0.25) is 0 Å². The van der Waals surface area contributed by atoms with E-state index in [9.17, 15) is 0 Å². The first kappa shape index (κ1) is 14.4. The van der Waals surface area contributed by atoms with E-state index in [2.05, 4.69) is 5.43 Å². The Morgan fingerprint density at radius 3 is 2.48 bits per heavy atom. The topological polar surface area (TPSA) is 51.2 Å². The zero-order valence-corrected chi connectivity index (χ0v) is 12.9. The Morgan fingerprint density at radius 2 is 1.76 bits per heavy atom. The average Bonchev–Trinajstić information content (AvgIpc) is 2.84. The van der Waals surface area contributed by atoms with Crippen molar-refractivity contribution in [3.05, 3.63) is 69.4 Å². The molecule has 0 fully saturated rings. The van der Waals surface area contributed by atoms with Gasteiger partial charge in [-0.3, -0.25) is 5.84 Å². The summed E-state index contributed by atoms with van der Waals surface area (Å²) >= 11 is 12.0. The van der Waals surface area contributed by atoms with Gasteiger partial charge >= 0.3 is 0 Å². The summed E-state index contributed by atoms with van der Waals surface area (Å²) in [5.41, 5.74) is 5.65. The van der Waals surface area contributed by atoms with Crippen LogP contribution in [0.1, 0.15) is 22.9 Å². The highest BCUT2D eigenvalue weighted by atomic mass is 35.5. The molecule has 0 radical (unpaired) electrons. The number of hydrazine groups is 1. The number of furan rings is 1. The molecular weight excluding hydrogens is 307 g/mol. The number of nitrogens with two attached hydrogens (primary N) is 1. The van der Waals surface area contributed by atoms with Crippen LogP contribution < -0.4 is 11.3 Å². The molecule has 3 N–H and O–H groups in total. The molecule has 21 heavy (non-hydrogen) atoms. The van der Waals surface area contributed by atoms with E-state index in [4.69, 9.17) is 33.5 Å². The molecule has 1 aromatic heterocycles. The van der Waals surface area contributed by atoms with Crippen molar-refractivity contribution < 1.29 is 4.42 Å². The zero-order valence-electron chi connectivity index (χ0n) is 11.4. The summed E-state index contributed by atoms with van der Waals surface area (Å²) in [5, 5.41) is 2.32. The maximum absolute atomic E-state index is 6.00. The van der Waals surface area contributed by atoms with Crippen LogP contribution in [0.15, 0.2) is 46.9 Å². The Kier molecular flexibility index (Phi) is 3.91. The van der Waals surface area contributed by atoms with Gasteiger partial charge in [-0.1, -0.05) is 29.3 Å². The van der Waals surface area contributed by atoms with Gasteiger partial charge < -0.3 is 4.42 Å². The molecule has 1 atom stereocenters. The van der Waals surface area contributed by atoms with E-state index in [1.807, 2.05) is 43.3 Å². The number of hydrogen-bond donors (Lipinski definition) is 2. The Balaban J connectivity index is 2.09. The lowest BCUT2D eigenvalue weighted by Crippen LogP contribution is -2.29. The molecule has 0 amide bonds. The largest absolute Gasteiger partial charge is 0.459 e. The van der Waals surface area contributed by atoms with E-state index in [0.717, 1.165) is 27.9 Å². The van der Waals surface area contributed by atoms with E-state index in [-0.39, 0.29) is 6.04 Å². The molecular formula is C16H14Cl2N2O. The molecule has 5 heteroatoms. The molecule has 3 aromatic rings. The fraction of sp³-hybridized carbons (Fsp3) is 0.125. The summed E-state index contributed by atoms with van der Waals surface area (Å²) in [7, 11) is 0. The fourth-order valence-electron chi connectivity index (χ4n) is 2.47. The van der Waals surface area contributed by atoms with E-state index >= 15 is 0 Å². The van der Waals surface area contributed by atoms with Crippen molar-refractivity contribution in [2.75, 3.05) is 0 Å². The minimum Gasteiger partial charge on any atom is -0.459 e. The standard InChI is InChI=1S/C16H14Cl2N2O/c1-9-6-11(17)2-4-13(9)16(20-19)15-8-10-7-12(18)3-5-14(10)21-15/h2-8,16,20H,19H2,1H3. The van der Waals surface area contributed by atoms with Gasteiger partial charge in [0, 0.05) is 15.4 Å². The van der Waals surface area contributed by atoms with Crippen LogP contribution in [0.25, 0.3) is 11.0 Å². The van der Waals surface area contributed by atoms with Gasteiger partial charge in [0.1, 0.15) is 17.4 Å². The quantitative estimate of drug-likeness (QED) is 0.547. The highest BCUT2D eigenvalue weighted by Crippen LogP contribution is 2.31. The first-order chi connectivity index (χ1) is 10.1. The molecule has 2 aromatic carbocycles. The maximum atomic E-state index is 6.00. The van der Waals surface area contributed by atoms with Gasteiger partial charge in [-0.05, 0) is 54.4 Å². The summed E-state index contributed by atoms with van der Waals surface area (Å²) in [5.74, 6) is 6.46. The van der Waals surface area contributed by atoms with Crippen molar-refractivity contribution in [3.8, 4) is 0 Å². The highest BCUT2D eigenvalue weighted by molar-refractivity contribution is 6.31. The first-order valence-electron chi connectivity index (χ1n) is 6.49. The van der Waals surface area contributed by atoms with Crippen LogP contribution in [0, 0.1) is 6.92 Å². The van der Waals surface area contributed by atoms with Gasteiger partial charge in [0.15, 0.2) is 0 Å². The molecule has 3 rings (SSSR count). The van der Waals surface area contributed by atoms with Crippen LogP contribution in [0.3, 0.4) is 0 Å². The van der Waals surface area contributed by atoms with Gasteiger partial charge in [0.25, 0.3) is 0 Å². The molecule has 0 aliphatic rings. The van der Waals surface area contributed by atoms with E-state index < -0.39 is 0 Å². The summed E-state index contributed by atoms with van der Waals surface area (Å²) in [6.07, 6.45) is 0. The lowest BCUT2D eigenvalue weighted by atomic mass is 10.00. The second-order valence-corrected chi connectivity index (χ2v) is 5.80. The summed E-state index contributed by atoms with van der Waals surface area (Å²) < 4.78 is 5.88. The second-order valence-electron chi connectivity index (χ2n) is 4.93. The van der Waals surface area contributed by atoms with Crippen LogP contribution in [0.5, 0.6) is 0 Å². The highest BCUT2D eigenvalue weighted by Gasteiger charge is 2.19. The van der Waals surface area contributed by atoms with Gasteiger partial charge in [-0.2, -0.15) is 0 Å². The Labute approximate surface area is 132 Å². The van der Waals surface area contributed by atoms with Crippen molar-refractivity contribution in [3.63, 3.8) is 0 Å². The molecule has 1 heterocycles. The maximum Gasteiger partial charge on any atom is 0.134 e. The third-order valence-electron chi connectivity index (χ3n) is 3.49. The first-order valence-corrected chi connectivity index (χ1v) is 7.25. The Bertz CT molecular complexity index is 798. The lowest BCUT2D eigenvalue weighted by Gasteiger charge is -2.16. The van der Waals surface area contributed by atoms with E-state index in [1.54, 1.807) is 6.07 Å². The molecule has 0 saturated carbocycles. The number of benzene rings is 2. The van der Waals surface area contributed by atoms with Crippen molar-refractivity contribution in [2.24, 2.45) is 5.84 Å². The van der Waals surface area contributed by atoms with Crippen molar-refractivity contribution in [1.82, 2.24) is 5.43 Å². The number of nitrogens with one attached hydrogen (secondary N) is 1. The Morgan fingerprint density at radius 1 is 1.05 bits per heavy atom. The second kappa shape index (κ2) is 5.70. The number of fused-ring (bicyclic) bond motifs is 1. The van der Waals surface area contributed by atoms with E-state index in [1.165, 1.54) is 0 Å². The third kappa shape index (κ3) is 2.78. The Hall–Kier alpha value is -1.52. The molecule has 108 valence electrons. The number of hydrogen-bond acceptors (Lipinski definition) is 3. The molecule has 0 aliphatic heterocycles. The zero-order chi connectivity index (χ0) is 15.0. The summed E-state index contributed by atoms with van der Waals surface area (Å²) in [6, 6.07) is 12.9. The summed E-state index contributed by atoms with van der Waals surface area (Å²) in [6.45, 7) is 1.99. The minimum atomic E-state index is -0.242. The minimum absolute atomic E-state index is 0.242. The summed E-state index contributed by atoms with van der Waals surface area (Å²) in [4.78, 5) is 0. The van der Waals surface area contributed by atoms with Crippen LogP contribution >= 0.6 is 23.2 Å². The van der Waals surface area contributed by atoms with Crippen LogP contribution in [0.2, 0.25) is 10.0 Å². The van der Waals surface area contributed by atoms with Crippen LogP contribution in [0.4, 0.5) is 0 Å². The van der Waals surface area contributed by atoms with Crippen LogP contribution in [-0.4, -0.2) is 0 Å². The molecule has 0 spiro atoms. The third-order valence-corrected chi connectivity index (χ3v) is 3.96. The molecule has 0 bridgehead atoms. The SMILES string of the molecule is Cc1cc(Cl)ccc1C(NN)c1cc2cc(Cl)ccc2o1. The fourth-order valence-corrected chi connectivity index (χ4v) is 2.87. The number of rotatable bonds is 3. The van der Waals surface area contributed by atoms with Crippen molar-refractivity contribution in [1.29, 1.82) is 0 Å². The molecule has 3 nitrogen and oxygen atoms in total. The van der Waals surface area contributed by atoms with Crippen molar-refractivity contribution in [2.45, 2.75) is 13.0 Å². The van der Waals surface area contributed by atoms with Gasteiger partial charge in [-0.15, -0.1) is 0 Å².